The maximum Gasteiger partial charge on any atom is 0.0691 e. The molecule has 0 aliphatic rings. The van der Waals surface area contributed by atoms with E-state index in [-0.39, 0.29) is 0 Å². The van der Waals surface area contributed by atoms with Gasteiger partial charge < -0.3 is 10.1 Å². The smallest absolute Gasteiger partial charge is 0.0691 e. The van der Waals surface area contributed by atoms with Crippen molar-refractivity contribution in [3.63, 3.8) is 0 Å². The van der Waals surface area contributed by atoms with E-state index in [1.165, 1.54) is 5.56 Å². The molecule has 4 nitrogen and oxygen atoms in total. The van der Waals surface area contributed by atoms with Crippen molar-refractivity contribution < 1.29 is 4.74 Å². The van der Waals surface area contributed by atoms with Crippen molar-refractivity contribution in [2.24, 2.45) is 0 Å². The summed E-state index contributed by atoms with van der Waals surface area (Å²) in [4.78, 5) is 0. The molecule has 0 atom stereocenters. The molecule has 1 aromatic heterocycles. The van der Waals surface area contributed by atoms with Gasteiger partial charge in [0, 0.05) is 30.9 Å². The van der Waals surface area contributed by atoms with Crippen LogP contribution in [0.25, 0.3) is 5.69 Å². The number of ether oxygens (including phenoxy) is 1. The lowest BCUT2D eigenvalue weighted by molar-refractivity contribution is 0.199. The first-order valence-electron chi connectivity index (χ1n) is 6.21. The molecule has 1 aromatic carbocycles. The van der Waals surface area contributed by atoms with Gasteiger partial charge in [0.05, 0.1) is 18.0 Å². The van der Waals surface area contributed by atoms with Gasteiger partial charge in [-0.2, -0.15) is 5.10 Å². The molecule has 102 valence electrons. The van der Waals surface area contributed by atoms with E-state index >= 15 is 0 Å². The third kappa shape index (κ3) is 3.89. The summed E-state index contributed by atoms with van der Waals surface area (Å²) in [5.74, 6) is 0. The van der Waals surface area contributed by atoms with Crippen LogP contribution in [0.2, 0.25) is 0 Å². The summed E-state index contributed by atoms with van der Waals surface area (Å²) in [5.41, 5.74) is 3.32. The quantitative estimate of drug-likeness (QED) is 0.831. The van der Waals surface area contributed by atoms with Gasteiger partial charge in [-0.3, -0.25) is 0 Å². The van der Waals surface area contributed by atoms with E-state index in [0.29, 0.717) is 6.61 Å². The van der Waals surface area contributed by atoms with Crippen LogP contribution in [0.5, 0.6) is 0 Å². The maximum absolute atomic E-state index is 5.03. The van der Waals surface area contributed by atoms with Crippen molar-refractivity contribution in [3.05, 3.63) is 46.2 Å². The molecule has 0 saturated heterocycles. The third-order valence-electron chi connectivity index (χ3n) is 2.81. The van der Waals surface area contributed by atoms with Crippen LogP contribution in [0, 0.1) is 6.92 Å². The Labute approximate surface area is 121 Å². The summed E-state index contributed by atoms with van der Waals surface area (Å²) in [6, 6.07) is 8.23. The molecule has 2 aromatic rings. The second-order valence-electron chi connectivity index (χ2n) is 4.34. The minimum absolute atomic E-state index is 0.713. The van der Waals surface area contributed by atoms with Crippen LogP contribution < -0.4 is 5.32 Å². The molecular weight excluding hydrogens is 306 g/mol. The minimum Gasteiger partial charge on any atom is -0.383 e. The van der Waals surface area contributed by atoms with Gasteiger partial charge in [-0.25, -0.2) is 4.68 Å². The van der Waals surface area contributed by atoms with Crippen molar-refractivity contribution in [1.29, 1.82) is 0 Å². The first-order valence-corrected chi connectivity index (χ1v) is 7.01. The number of hydrogen-bond donors (Lipinski definition) is 1. The minimum atomic E-state index is 0.713. The third-order valence-corrected chi connectivity index (χ3v) is 3.30. The molecule has 0 aliphatic carbocycles. The van der Waals surface area contributed by atoms with Gasteiger partial charge in [0.15, 0.2) is 0 Å². The number of halogens is 1. The zero-order valence-corrected chi connectivity index (χ0v) is 12.8. The summed E-state index contributed by atoms with van der Waals surface area (Å²) >= 11 is 3.51. The number of aryl methyl sites for hydroxylation is 1. The molecule has 2 rings (SSSR count). The van der Waals surface area contributed by atoms with Crippen LogP contribution in [0.15, 0.2) is 34.9 Å². The van der Waals surface area contributed by atoms with Crippen LogP contribution in [0.3, 0.4) is 0 Å². The predicted molar refractivity (Wildman–Crippen MR) is 79.6 cm³/mol. The summed E-state index contributed by atoms with van der Waals surface area (Å²) < 4.78 is 8.02. The molecule has 5 heteroatoms. The standard InChI is InChI=1S/C14H18BrN3O/c1-11-5-7-18(17-11)14-4-3-13(15)9-12(14)10-16-6-8-19-2/h3-5,7,9,16H,6,8,10H2,1-2H3. The molecule has 0 unspecified atom stereocenters. The molecule has 1 heterocycles. The van der Waals surface area contributed by atoms with Gasteiger partial charge in [-0.1, -0.05) is 15.9 Å². The number of aromatic nitrogens is 2. The highest BCUT2D eigenvalue weighted by Crippen LogP contribution is 2.20. The lowest BCUT2D eigenvalue weighted by Gasteiger charge is -2.11. The first kappa shape index (κ1) is 14.2. The number of nitrogens with one attached hydrogen (secondary N) is 1. The molecule has 0 saturated carbocycles. The molecular formula is C14H18BrN3O. The van der Waals surface area contributed by atoms with Gasteiger partial charge in [0.25, 0.3) is 0 Å². The summed E-state index contributed by atoms with van der Waals surface area (Å²) in [7, 11) is 1.71. The lowest BCUT2D eigenvalue weighted by atomic mass is 10.2. The average molecular weight is 324 g/mol. The van der Waals surface area contributed by atoms with Crippen LogP contribution in [0.4, 0.5) is 0 Å². The van der Waals surface area contributed by atoms with Crippen LogP contribution in [-0.4, -0.2) is 30.0 Å². The SMILES string of the molecule is COCCNCc1cc(Br)ccc1-n1ccc(C)n1. The Morgan fingerprint density at radius 1 is 1.37 bits per heavy atom. The summed E-state index contributed by atoms with van der Waals surface area (Å²) in [5, 5.41) is 7.82. The highest BCUT2D eigenvalue weighted by Gasteiger charge is 2.06. The highest BCUT2D eigenvalue weighted by molar-refractivity contribution is 9.10. The Morgan fingerprint density at radius 2 is 2.21 bits per heavy atom. The van der Waals surface area contributed by atoms with E-state index in [9.17, 15) is 0 Å². The van der Waals surface area contributed by atoms with Crippen molar-refractivity contribution in [2.45, 2.75) is 13.5 Å². The molecule has 0 radical (unpaired) electrons. The van der Waals surface area contributed by atoms with Crippen LogP contribution >= 0.6 is 15.9 Å². The van der Waals surface area contributed by atoms with Crippen molar-refractivity contribution in [1.82, 2.24) is 15.1 Å². The Balaban J connectivity index is 2.18. The van der Waals surface area contributed by atoms with Crippen LogP contribution in [-0.2, 0) is 11.3 Å². The van der Waals surface area contributed by atoms with Gasteiger partial charge in [0.2, 0.25) is 0 Å². The van der Waals surface area contributed by atoms with E-state index in [0.717, 1.165) is 28.9 Å². The Bertz CT molecular complexity index is 539. The summed E-state index contributed by atoms with van der Waals surface area (Å²) in [6.07, 6.45) is 1.98. The van der Waals surface area contributed by atoms with Gasteiger partial charge in [-0.15, -0.1) is 0 Å². The van der Waals surface area contributed by atoms with Crippen molar-refractivity contribution in [2.75, 3.05) is 20.3 Å². The average Bonchev–Trinajstić information content (AvgIpc) is 2.81. The fraction of sp³-hybridized carbons (Fsp3) is 0.357. The van der Waals surface area contributed by atoms with Crippen molar-refractivity contribution >= 4 is 15.9 Å². The lowest BCUT2D eigenvalue weighted by Crippen LogP contribution is -2.19. The van der Waals surface area contributed by atoms with E-state index in [4.69, 9.17) is 4.74 Å². The second kappa shape index (κ2) is 6.84. The van der Waals surface area contributed by atoms with Gasteiger partial charge >= 0.3 is 0 Å². The Morgan fingerprint density at radius 3 is 2.89 bits per heavy atom. The van der Waals surface area contributed by atoms with Crippen LogP contribution in [0.1, 0.15) is 11.3 Å². The topological polar surface area (TPSA) is 39.1 Å². The molecule has 19 heavy (non-hydrogen) atoms. The number of methoxy groups -OCH3 is 1. The van der Waals surface area contributed by atoms with E-state index in [1.807, 2.05) is 29.9 Å². The molecule has 0 bridgehead atoms. The van der Waals surface area contributed by atoms with Gasteiger partial charge in [0.1, 0.15) is 0 Å². The monoisotopic (exact) mass is 323 g/mol. The molecule has 0 aliphatic heterocycles. The molecule has 0 spiro atoms. The molecule has 0 amide bonds. The number of nitrogens with zero attached hydrogens (tertiary/aromatic N) is 2. The second-order valence-corrected chi connectivity index (χ2v) is 5.26. The van der Waals surface area contributed by atoms with Gasteiger partial charge in [-0.05, 0) is 36.8 Å². The van der Waals surface area contributed by atoms with E-state index in [2.05, 4.69) is 38.5 Å². The number of rotatable bonds is 6. The summed E-state index contributed by atoms with van der Waals surface area (Å²) in [6.45, 7) is 4.33. The fourth-order valence-corrected chi connectivity index (χ4v) is 2.27. The molecule has 0 fully saturated rings. The predicted octanol–water partition coefficient (Wildman–Crippen LogP) is 2.68. The van der Waals surface area contributed by atoms with Crippen molar-refractivity contribution in [3.8, 4) is 5.69 Å². The fourth-order valence-electron chi connectivity index (χ4n) is 1.87. The van der Waals surface area contributed by atoms with E-state index < -0.39 is 0 Å². The normalized spacial score (nSPS) is 10.9. The zero-order valence-electron chi connectivity index (χ0n) is 11.2. The first-order chi connectivity index (χ1) is 9.20. The van der Waals surface area contributed by atoms with E-state index in [1.54, 1.807) is 7.11 Å². The Hall–Kier alpha value is -1.17. The Kier molecular flexibility index (Phi) is 5.13. The zero-order chi connectivity index (χ0) is 13.7. The number of benzene rings is 1. The highest BCUT2D eigenvalue weighted by atomic mass is 79.9. The number of hydrogen-bond acceptors (Lipinski definition) is 3. The largest absolute Gasteiger partial charge is 0.383 e. The molecule has 1 N–H and O–H groups in total. The maximum atomic E-state index is 5.03.